The molecule has 0 saturated heterocycles. The average Bonchev–Trinajstić information content (AvgIpc) is 2.88. The van der Waals surface area contributed by atoms with Crippen molar-refractivity contribution in [2.24, 2.45) is 0 Å². The number of Topliss-reactive ketones (excluding diaryl/α,β-unsaturated/α-hetero) is 1. The Hall–Kier alpha value is -1.83. The van der Waals surface area contributed by atoms with Crippen molar-refractivity contribution >= 4 is 5.78 Å². The number of aromatic nitrogens is 1. The van der Waals surface area contributed by atoms with Gasteiger partial charge in [0.25, 0.3) is 0 Å². The lowest BCUT2D eigenvalue weighted by molar-refractivity contribution is 0.0981. The molecule has 0 fully saturated rings. The minimum absolute atomic E-state index is 0.237. The number of carbonyl (C=O) groups is 1. The summed E-state index contributed by atoms with van der Waals surface area (Å²) in [5, 5.41) is 0. The van der Waals surface area contributed by atoms with Gasteiger partial charge in [0.2, 0.25) is 0 Å². The van der Waals surface area contributed by atoms with Gasteiger partial charge in [0.15, 0.2) is 5.78 Å². The van der Waals surface area contributed by atoms with Gasteiger partial charge < -0.3 is 4.57 Å². The molecule has 0 bridgehead atoms. The second-order valence-electron chi connectivity index (χ2n) is 5.64. The largest absolute Gasteiger partial charge is 0.349 e. The second-order valence-corrected chi connectivity index (χ2v) is 5.64. The Kier molecular flexibility index (Phi) is 4.78. The van der Waals surface area contributed by atoms with Crippen molar-refractivity contribution < 1.29 is 4.79 Å². The third-order valence-corrected chi connectivity index (χ3v) is 3.56. The van der Waals surface area contributed by atoms with Crippen LogP contribution in [-0.4, -0.2) is 10.4 Å². The van der Waals surface area contributed by atoms with Crippen molar-refractivity contribution in [3.05, 3.63) is 59.4 Å². The van der Waals surface area contributed by atoms with Gasteiger partial charge in [0, 0.05) is 30.9 Å². The molecule has 0 aliphatic carbocycles. The van der Waals surface area contributed by atoms with Crippen LogP contribution in [0.5, 0.6) is 0 Å². The number of rotatable bonds is 6. The van der Waals surface area contributed by atoms with Gasteiger partial charge in [-0.25, -0.2) is 0 Å². The van der Waals surface area contributed by atoms with Crippen LogP contribution in [0.1, 0.15) is 61.0 Å². The standard InChI is InChI=1S/C18H23NO/c1-4-5-18(20)17-10-11-19(13-17)12-15-6-8-16(9-7-15)14(2)3/h6-11,13-14H,4-5,12H2,1-3H3. The van der Waals surface area contributed by atoms with Gasteiger partial charge in [-0.15, -0.1) is 0 Å². The van der Waals surface area contributed by atoms with Crippen LogP contribution in [0.15, 0.2) is 42.7 Å². The fraction of sp³-hybridized carbons (Fsp3) is 0.389. The first-order chi connectivity index (χ1) is 9.60. The minimum atomic E-state index is 0.237. The molecule has 1 aromatic heterocycles. The molecule has 0 N–H and O–H groups in total. The molecule has 2 nitrogen and oxygen atoms in total. The van der Waals surface area contributed by atoms with Crippen molar-refractivity contribution in [1.29, 1.82) is 0 Å². The summed E-state index contributed by atoms with van der Waals surface area (Å²) in [4.78, 5) is 11.8. The summed E-state index contributed by atoms with van der Waals surface area (Å²) in [7, 11) is 0. The Balaban J connectivity index is 2.05. The lowest BCUT2D eigenvalue weighted by Crippen LogP contribution is -1.99. The number of carbonyl (C=O) groups excluding carboxylic acids is 1. The Morgan fingerprint density at radius 2 is 1.85 bits per heavy atom. The highest BCUT2D eigenvalue weighted by atomic mass is 16.1. The van der Waals surface area contributed by atoms with E-state index in [1.807, 2.05) is 25.4 Å². The minimum Gasteiger partial charge on any atom is -0.349 e. The molecule has 106 valence electrons. The molecule has 20 heavy (non-hydrogen) atoms. The van der Waals surface area contributed by atoms with Gasteiger partial charge in [0.05, 0.1) is 0 Å². The Bertz CT molecular complexity index is 563. The maximum Gasteiger partial charge on any atom is 0.164 e. The van der Waals surface area contributed by atoms with E-state index in [2.05, 4.69) is 42.7 Å². The van der Waals surface area contributed by atoms with Crippen molar-refractivity contribution in [1.82, 2.24) is 4.57 Å². The maximum atomic E-state index is 11.8. The molecular formula is C18H23NO. The van der Waals surface area contributed by atoms with E-state index in [9.17, 15) is 4.79 Å². The first-order valence-electron chi connectivity index (χ1n) is 7.38. The summed E-state index contributed by atoms with van der Waals surface area (Å²) in [5.41, 5.74) is 3.45. The van der Waals surface area contributed by atoms with E-state index >= 15 is 0 Å². The van der Waals surface area contributed by atoms with Gasteiger partial charge in [-0.2, -0.15) is 0 Å². The van der Waals surface area contributed by atoms with Crippen LogP contribution in [-0.2, 0) is 6.54 Å². The zero-order valence-corrected chi connectivity index (χ0v) is 12.6. The van der Waals surface area contributed by atoms with E-state index in [1.165, 1.54) is 11.1 Å². The van der Waals surface area contributed by atoms with Crippen LogP contribution in [0.2, 0.25) is 0 Å². The fourth-order valence-electron chi connectivity index (χ4n) is 2.29. The fourth-order valence-corrected chi connectivity index (χ4v) is 2.29. The van der Waals surface area contributed by atoms with E-state index in [4.69, 9.17) is 0 Å². The second kappa shape index (κ2) is 6.56. The van der Waals surface area contributed by atoms with Gasteiger partial charge >= 0.3 is 0 Å². The molecule has 0 aliphatic rings. The van der Waals surface area contributed by atoms with Gasteiger partial charge in [-0.05, 0) is 29.5 Å². The average molecular weight is 269 g/mol. The lowest BCUT2D eigenvalue weighted by Gasteiger charge is -2.07. The van der Waals surface area contributed by atoms with Crippen molar-refractivity contribution in [2.45, 2.75) is 46.1 Å². The Labute approximate surface area is 121 Å². The SMILES string of the molecule is CCCC(=O)c1ccn(Cc2ccc(C(C)C)cc2)c1. The summed E-state index contributed by atoms with van der Waals surface area (Å²) >= 11 is 0. The van der Waals surface area contributed by atoms with E-state index in [-0.39, 0.29) is 5.78 Å². The third kappa shape index (κ3) is 3.60. The van der Waals surface area contributed by atoms with E-state index < -0.39 is 0 Å². The molecule has 1 heterocycles. The molecule has 0 unspecified atom stereocenters. The van der Waals surface area contributed by atoms with Crippen LogP contribution in [0.3, 0.4) is 0 Å². The van der Waals surface area contributed by atoms with Gasteiger partial charge in [0.1, 0.15) is 0 Å². The van der Waals surface area contributed by atoms with E-state index in [0.717, 1.165) is 18.5 Å². The summed E-state index contributed by atoms with van der Waals surface area (Å²) in [6.07, 6.45) is 5.47. The molecule has 0 amide bonds. The maximum absolute atomic E-state index is 11.8. The highest BCUT2D eigenvalue weighted by Gasteiger charge is 2.06. The molecule has 1 aromatic carbocycles. The first kappa shape index (κ1) is 14.6. The molecule has 0 atom stereocenters. The number of hydrogen-bond acceptors (Lipinski definition) is 1. The lowest BCUT2D eigenvalue weighted by atomic mass is 10.0. The first-order valence-corrected chi connectivity index (χ1v) is 7.38. The molecule has 0 radical (unpaired) electrons. The summed E-state index contributed by atoms with van der Waals surface area (Å²) in [6, 6.07) is 10.6. The number of ketones is 1. The third-order valence-electron chi connectivity index (χ3n) is 3.56. The molecule has 0 aliphatic heterocycles. The van der Waals surface area contributed by atoms with Crippen LogP contribution >= 0.6 is 0 Å². The van der Waals surface area contributed by atoms with Crippen molar-refractivity contribution in [3.63, 3.8) is 0 Å². The summed E-state index contributed by atoms with van der Waals surface area (Å²) in [6.45, 7) is 7.25. The quantitative estimate of drug-likeness (QED) is 0.700. The van der Waals surface area contributed by atoms with Gasteiger partial charge in [-0.1, -0.05) is 45.0 Å². The van der Waals surface area contributed by atoms with Crippen LogP contribution in [0.25, 0.3) is 0 Å². The highest BCUT2D eigenvalue weighted by Crippen LogP contribution is 2.16. The molecule has 2 heteroatoms. The van der Waals surface area contributed by atoms with Crippen LogP contribution in [0.4, 0.5) is 0 Å². The summed E-state index contributed by atoms with van der Waals surface area (Å²) < 4.78 is 2.08. The molecule has 0 spiro atoms. The molecule has 0 saturated carbocycles. The monoisotopic (exact) mass is 269 g/mol. The summed E-state index contributed by atoms with van der Waals surface area (Å²) in [5.74, 6) is 0.801. The smallest absolute Gasteiger partial charge is 0.164 e. The zero-order valence-electron chi connectivity index (χ0n) is 12.6. The van der Waals surface area contributed by atoms with Crippen LogP contribution < -0.4 is 0 Å². The van der Waals surface area contributed by atoms with Gasteiger partial charge in [-0.3, -0.25) is 4.79 Å². The molecule has 2 rings (SSSR count). The predicted molar refractivity (Wildman–Crippen MR) is 83.3 cm³/mol. The number of nitrogens with zero attached hydrogens (tertiary/aromatic N) is 1. The predicted octanol–water partition coefficient (Wildman–Crippen LogP) is 4.64. The number of hydrogen-bond donors (Lipinski definition) is 0. The zero-order chi connectivity index (χ0) is 14.5. The topological polar surface area (TPSA) is 22.0 Å². The molecular weight excluding hydrogens is 246 g/mol. The van der Waals surface area contributed by atoms with Crippen molar-refractivity contribution in [2.75, 3.05) is 0 Å². The Morgan fingerprint density at radius 3 is 2.45 bits per heavy atom. The Morgan fingerprint density at radius 1 is 1.15 bits per heavy atom. The highest BCUT2D eigenvalue weighted by molar-refractivity contribution is 5.95. The molecule has 2 aromatic rings. The van der Waals surface area contributed by atoms with E-state index in [1.54, 1.807) is 0 Å². The normalized spacial score (nSPS) is 11.0. The number of benzene rings is 1. The van der Waals surface area contributed by atoms with Crippen LogP contribution in [0, 0.1) is 0 Å². The van der Waals surface area contributed by atoms with E-state index in [0.29, 0.717) is 12.3 Å². The van der Waals surface area contributed by atoms with Crippen molar-refractivity contribution in [3.8, 4) is 0 Å².